The number of allylic oxidation sites excluding steroid dienone is 1. The third-order valence-corrected chi connectivity index (χ3v) is 6.25. The number of benzene rings is 3. The van der Waals surface area contributed by atoms with Gasteiger partial charge in [-0.1, -0.05) is 79.7 Å². The minimum Gasteiger partial charge on any atom is -0.492 e. The second-order valence-corrected chi connectivity index (χ2v) is 8.42. The topological polar surface area (TPSA) is 12.5 Å². The van der Waals surface area contributed by atoms with Crippen molar-refractivity contribution in [3.63, 3.8) is 0 Å². The van der Waals surface area contributed by atoms with E-state index in [1.54, 1.807) is 0 Å². The molecule has 0 N–H and O–H groups in total. The smallest absolute Gasteiger partial charge is 0.119 e. The van der Waals surface area contributed by atoms with Crippen LogP contribution in [0.15, 0.2) is 84.9 Å². The summed E-state index contributed by atoms with van der Waals surface area (Å²) in [5.41, 5.74) is 6.27. The van der Waals surface area contributed by atoms with Crippen molar-refractivity contribution in [3.05, 3.63) is 102 Å². The highest BCUT2D eigenvalue weighted by Gasteiger charge is 2.21. The third kappa shape index (κ3) is 5.46. The molecule has 3 aromatic carbocycles. The molecule has 0 spiro atoms. The van der Waals surface area contributed by atoms with E-state index < -0.39 is 0 Å². The maximum absolute atomic E-state index is 12.8. The van der Waals surface area contributed by atoms with Gasteiger partial charge in [-0.25, -0.2) is 0 Å². The average molecular weight is 430 g/mol. The lowest BCUT2D eigenvalue weighted by Crippen LogP contribution is -2.26. The van der Waals surface area contributed by atoms with Crippen molar-refractivity contribution in [2.75, 3.05) is 32.9 Å². The maximum atomic E-state index is 12.8. The Labute approximate surface area is 191 Å². The first-order valence-corrected chi connectivity index (χ1v) is 11.6. The minimum atomic E-state index is -0.210. The summed E-state index contributed by atoms with van der Waals surface area (Å²) in [7, 11) is 0. The summed E-state index contributed by atoms with van der Waals surface area (Å²) in [6.07, 6.45) is 1.91. The van der Waals surface area contributed by atoms with E-state index >= 15 is 0 Å². The van der Waals surface area contributed by atoms with Crippen LogP contribution in [-0.2, 0) is 0 Å². The van der Waals surface area contributed by atoms with Gasteiger partial charge in [-0.3, -0.25) is 9.29 Å². The third-order valence-electron chi connectivity index (χ3n) is 6.25. The van der Waals surface area contributed by atoms with Crippen LogP contribution in [0.5, 0.6) is 5.75 Å². The molecule has 32 heavy (non-hydrogen) atoms. The van der Waals surface area contributed by atoms with Crippen LogP contribution >= 0.6 is 0 Å². The molecule has 3 aromatic rings. The van der Waals surface area contributed by atoms with Crippen molar-refractivity contribution in [3.8, 4) is 5.75 Å². The second kappa shape index (κ2) is 11.1. The Morgan fingerprint density at radius 3 is 2.09 bits per heavy atom. The number of likely N-dealkylation sites (tertiary alicyclic amines) is 1. The highest BCUT2D eigenvalue weighted by atomic mass is 19.1. The zero-order valence-corrected chi connectivity index (χ0v) is 18.8. The van der Waals surface area contributed by atoms with Crippen molar-refractivity contribution >= 4 is 11.1 Å². The van der Waals surface area contributed by atoms with Gasteiger partial charge >= 0.3 is 0 Å². The molecule has 1 unspecified atom stereocenters. The molecule has 0 radical (unpaired) electrons. The van der Waals surface area contributed by atoms with E-state index in [-0.39, 0.29) is 12.6 Å². The van der Waals surface area contributed by atoms with Crippen LogP contribution in [0.2, 0.25) is 0 Å². The first kappa shape index (κ1) is 22.3. The van der Waals surface area contributed by atoms with Crippen LogP contribution in [0, 0.1) is 5.92 Å². The zero-order chi connectivity index (χ0) is 22.2. The molecule has 1 heterocycles. The van der Waals surface area contributed by atoms with Crippen molar-refractivity contribution in [1.29, 1.82) is 0 Å². The van der Waals surface area contributed by atoms with E-state index in [0.717, 1.165) is 38.2 Å². The fourth-order valence-corrected chi connectivity index (χ4v) is 4.54. The standard InChI is InChI=1S/C29H32FNO/c1-2-28(24-9-5-3-6-10-24)29(25-11-7-4-8-12-25)26-13-15-27(16-14-26)32-20-19-31-18-17-23(21-30)22-31/h3-16,23H,2,17-22H2,1H3/b29-28-. The molecule has 0 amide bonds. The Kier molecular flexibility index (Phi) is 7.73. The molecule has 3 heteroatoms. The van der Waals surface area contributed by atoms with E-state index in [4.69, 9.17) is 4.74 Å². The highest BCUT2D eigenvalue weighted by molar-refractivity contribution is 5.98. The highest BCUT2D eigenvalue weighted by Crippen LogP contribution is 2.34. The van der Waals surface area contributed by atoms with E-state index in [1.165, 1.54) is 27.8 Å². The molecule has 2 nitrogen and oxygen atoms in total. The first-order valence-electron chi connectivity index (χ1n) is 11.6. The van der Waals surface area contributed by atoms with Gasteiger partial charge in [0.1, 0.15) is 12.4 Å². The van der Waals surface area contributed by atoms with Gasteiger partial charge in [-0.15, -0.1) is 0 Å². The molecular weight excluding hydrogens is 397 g/mol. The molecule has 0 saturated carbocycles. The van der Waals surface area contributed by atoms with Crippen LogP contribution in [0.3, 0.4) is 0 Å². The average Bonchev–Trinajstić information content (AvgIpc) is 3.32. The number of alkyl halides is 1. The molecule has 1 aliphatic heterocycles. The monoisotopic (exact) mass is 429 g/mol. The van der Waals surface area contributed by atoms with Gasteiger partial charge in [0.05, 0.1) is 6.67 Å². The first-order chi connectivity index (χ1) is 15.8. The molecule has 1 aliphatic rings. The van der Waals surface area contributed by atoms with Crippen LogP contribution in [0.1, 0.15) is 36.5 Å². The number of ether oxygens (including phenoxy) is 1. The fourth-order valence-electron chi connectivity index (χ4n) is 4.54. The van der Waals surface area contributed by atoms with Gasteiger partial charge < -0.3 is 4.74 Å². The lowest BCUT2D eigenvalue weighted by atomic mass is 9.88. The van der Waals surface area contributed by atoms with Gasteiger partial charge in [-0.2, -0.15) is 0 Å². The quantitative estimate of drug-likeness (QED) is 0.350. The summed E-state index contributed by atoms with van der Waals surface area (Å²) in [5.74, 6) is 1.08. The Balaban J connectivity index is 1.53. The summed E-state index contributed by atoms with van der Waals surface area (Å²) in [6, 6.07) is 29.7. The van der Waals surface area contributed by atoms with Crippen LogP contribution in [-0.4, -0.2) is 37.8 Å². The SMILES string of the molecule is CC/C(=C(\c1ccccc1)c1ccc(OCCN2CCC(CF)C2)cc1)c1ccccc1. The second-order valence-electron chi connectivity index (χ2n) is 8.42. The van der Waals surface area contributed by atoms with Crippen LogP contribution in [0.4, 0.5) is 4.39 Å². The molecule has 4 rings (SSSR count). The molecular formula is C29H32FNO. The Bertz CT molecular complexity index is 998. The number of rotatable bonds is 9. The molecule has 1 atom stereocenters. The Morgan fingerprint density at radius 2 is 1.50 bits per heavy atom. The van der Waals surface area contributed by atoms with Crippen LogP contribution < -0.4 is 4.74 Å². The lowest BCUT2D eigenvalue weighted by molar-refractivity contribution is 0.228. The van der Waals surface area contributed by atoms with Gasteiger partial charge in [0.15, 0.2) is 0 Å². The minimum absolute atomic E-state index is 0.204. The molecule has 166 valence electrons. The number of nitrogens with zero attached hydrogens (tertiary/aromatic N) is 1. The zero-order valence-electron chi connectivity index (χ0n) is 18.8. The fraction of sp³-hybridized carbons (Fsp3) is 0.310. The summed E-state index contributed by atoms with van der Waals surface area (Å²) < 4.78 is 18.8. The Morgan fingerprint density at radius 1 is 0.875 bits per heavy atom. The van der Waals surface area contributed by atoms with Gasteiger partial charge in [0.25, 0.3) is 0 Å². The van der Waals surface area contributed by atoms with Gasteiger partial charge in [0, 0.05) is 19.0 Å². The number of hydrogen-bond donors (Lipinski definition) is 0. The predicted octanol–water partition coefficient (Wildman–Crippen LogP) is 6.73. The van der Waals surface area contributed by atoms with E-state index in [9.17, 15) is 4.39 Å². The summed E-state index contributed by atoms with van der Waals surface area (Å²) in [6.45, 7) is 5.31. The summed E-state index contributed by atoms with van der Waals surface area (Å²) in [4.78, 5) is 2.29. The van der Waals surface area contributed by atoms with E-state index in [1.807, 2.05) is 0 Å². The number of hydrogen-bond acceptors (Lipinski definition) is 2. The maximum Gasteiger partial charge on any atom is 0.119 e. The Hall–Kier alpha value is -2.91. The summed E-state index contributed by atoms with van der Waals surface area (Å²) >= 11 is 0. The number of halogens is 1. The van der Waals surface area contributed by atoms with Gasteiger partial charge in [-0.05, 0) is 59.4 Å². The molecule has 0 aromatic heterocycles. The van der Waals surface area contributed by atoms with E-state index in [0.29, 0.717) is 6.61 Å². The van der Waals surface area contributed by atoms with Gasteiger partial charge in [0.2, 0.25) is 0 Å². The van der Waals surface area contributed by atoms with Crippen molar-refractivity contribution in [2.45, 2.75) is 19.8 Å². The van der Waals surface area contributed by atoms with Crippen molar-refractivity contribution in [1.82, 2.24) is 4.90 Å². The van der Waals surface area contributed by atoms with Crippen LogP contribution in [0.25, 0.3) is 11.1 Å². The normalized spacial score (nSPS) is 17.2. The largest absolute Gasteiger partial charge is 0.492 e. The van der Waals surface area contributed by atoms with Crippen molar-refractivity contribution in [2.24, 2.45) is 5.92 Å². The molecule has 1 saturated heterocycles. The van der Waals surface area contributed by atoms with E-state index in [2.05, 4.69) is 96.8 Å². The molecule has 1 fully saturated rings. The molecule has 0 bridgehead atoms. The predicted molar refractivity (Wildman–Crippen MR) is 132 cm³/mol. The molecule has 0 aliphatic carbocycles. The van der Waals surface area contributed by atoms with Crippen molar-refractivity contribution < 1.29 is 9.13 Å². The lowest BCUT2D eigenvalue weighted by Gasteiger charge is -2.18. The summed E-state index contributed by atoms with van der Waals surface area (Å²) in [5, 5.41) is 0.